The Balaban J connectivity index is 1.32. The first kappa shape index (κ1) is 16.2. The predicted molar refractivity (Wildman–Crippen MR) is 95.7 cm³/mol. The molecule has 1 aliphatic heterocycles. The monoisotopic (exact) mass is 336 g/mol. The lowest BCUT2D eigenvalue weighted by molar-refractivity contribution is -0.138. The number of aromatic nitrogens is 2. The van der Waals surface area contributed by atoms with Crippen LogP contribution >= 0.6 is 0 Å². The molecule has 0 aromatic carbocycles. The van der Waals surface area contributed by atoms with Crippen molar-refractivity contribution in [1.82, 2.24) is 19.8 Å². The molecule has 2 fully saturated rings. The number of carbonyl (C=O) groups excluding carboxylic acids is 1. The largest absolute Gasteiger partial charge is 0.339 e. The van der Waals surface area contributed by atoms with Crippen LogP contribution in [0.15, 0.2) is 49.1 Å². The minimum atomic E-state index is 0.208. The first-order valence-electron chi connectivity index (χ1n) is 9.07. The summed E-state index contributed by atoms with van der Waals surface area (Å²) < 4.78 is 0. The lowest BCUT2D eigenvalue weighted by Crippen LogP contribution is -2.61. The standard InChI is InChI=1S/C20H24N4O/c25-20(10-18-2-1-7-22-11-18)24-14-19(15-24)23(12-16-3-4-16)13-17-5-8-21-9-6-17/h1-2,5-9,11,16,19H,3-4,10,12-15H2. The van der Waals surface area contributed by atoms with E-state index in [1.165, 1.54) is 18.4 Å². The third kappa shape index (κ3) is 4.23. The van der Waals surface area contributed by atoms with Crippen LogP contribution in [0.2, 0.25) is 0 Å². The summed E-state index contributed by atoms with van der Waals surface area (Å²) in [5.41, 5.74) is 2.29. The molecule has 0 atom stereocenters. The van der Waals surface area contributed by atoms with Crippen LogP contribution in [0.25, 0.3) is 0 Å². The van der Waals surface area contributed by atoms with Crippen molar-refractivity contribution in [3.05, 3.63) is 60.2 Å². The van der Waals surface area contributed by atoms with Crippen LogP contribution in [0.4, 0.5) is 0 Å². The molecule has 3 heterocycles. The van der Waals surface area contributed by atoms with Crippen LogP contribution in [0.5, 0.6) is 0 Å². The summed E-state index contributed by atoms with van der Waals surface area (Å²) >= 11 is 0. The molecule has 0 spiro atoms. The molecule has 2 aromatic heterocycles. The summed E-state index contributed by atoms with van der Waals surface area (Å²) in [6, 6.07) is 8.50. The zero-order valence-electron chi connectivity index (χ0n) is 14.4. The maximum Gasteiger partial charge on any atom is 0.227 e. The van der Waals surface area contributed by atoms with Crippen LogP contribution in [-0.4, -0.2) is 51.4 Å². The van der Waals surface area contributed by atoms with Gasteiger partial charge in [0.25, 0.3) is 0 Å². The number of nitrogens with zero attached hydrogens (tertiary/aromatic N) is 4. The summed E-state index contributed by atoms with van der Waals surface area (Å²) in [4.78, 5) is 25.1. The van der Waals surface area contributed by atoms with E-state index in [-0.39, 0.29) is 5.91 Å². The first-order chi connectivity index (χ1) is 12.3. The van der Waals surface area contributed by atoms with Crippen molar-refractivity contribution in [2.24, 2.45) is 5.92 Å². The molecular weight excluding hydrogens is 312 g/mol. The highest BCUT2D eigenvalue weighted by molar-refractivity contribution is 5.79. The zero-order valence-corrected chi connectivity index (χ0v) is 14.4. The Morgan fingerprint density at radius 2 is 1.88 bits per heavy atom. The second-order valence-electron chi connectivity index (χ2n) is 7.22. The van der Waals surface area contributed by atoms with Crippen LogP contribution in [0.1, 0.15) is 24.0 Å². The van der Waals surface area contributed by atoms with Gasteiger partial charge in [-0.1, -0.05) is 6.07 Å². The van der Waals surface area contributed by atoms with E-state index in [0.717, 1.165) is 37.7 Å². The first-order valence-corrected chi connectivity index (χ1v) is 9.07. The molecule has 1 saturated heterocycles. The summed E-state index contributed by atoms with van der Waals surface area (Å²) in [6.07, 6.45) is 10.4. The Labute approximate surface area is 148 Å². The average Bonchev–Trinajstić information content (AvgIpc) is 3.39. The molecule has 25 heavy (non-hydrogen) atoms. The van der Waals surface area contributed by atoms with Gasteiger partial charge in [0.05, 0.1) is 6.42 Å². The van der Waals surface area contributed by atoms with Gasteiger partial charge in [-0.2, -0.15) is 0 Å². The van der Waals surface area contributed by atoms with Crippen LogP contribution in [0, 0.1) is 5.92 Å². The van der Waals surface area contributed by atoms with E-state index in [9.17, 15) is 4.79 Å². The molecule has 1 amide bonds. The van der Waals surface area contributed by atoms with E-state index in [2.05, 4.69) is 27.0 Å². The lowest BCUT2D eigenvalue weighted by atomic mass is 10.0. The fourth-order valence-corrected chi connectivity index (χ4v) is 3.38. The van der Waals surface area contributed by atoms with Gasteiger partial charge < -0.3 is 4.90 Å². The van der Waals surface area contributed by atoms with Crippen molar-refractivity contribution >= 4 is 5.91 Å². The Morgan fingerprint density at radius 3 is 2.56 bits per heavy atom. The molecule has 0 unspecified atom stereocenters. The normalized spacial score (nSPS) is 17.6. The van der Waals surface area contributed by atoms with Crippen molar-refractivity contribution < 1.29 is 4.79 Å². The highest BCUT2D eigenvalue weighted by atomic mass is 16.2. The number of likely N-dealkylation sites (tertiary alicyclic amines) is 1. The van der Waals surface area contributed by atoms with Gasteiger partial charge in [0.15, 0.2) is 0 Å². The third-order valence-corrected chi connectivity index (χ3v) is 5.13. The maximum absolute atomic E-state index is 12.4. The number of hydrogen-bond acceptors (Lipinski definition) is 4. The van der Waals surface area contributed by atoms with Gasteiger partial charge in [0.2, 0.25) is 5.91 Å². The maximum atomic E-state index is 12.4. The smallest absolute Gasteiger partial charge is 0.227 e. The van der Waals surface area contributed by atoms with Crippen molar-refractivity contribution in [1.29, 1.82) is 0 Å². The zero-order chi connectivity index (χ0) is 17.1. The van der Waals surface area contributed by atoms with Gasteiger partial charge in [0, 0.05) is 57.0 Å². The molecule has 5 heteroatoms. The topological polar surface area (TPSA) is 49.3 Å². The van der Waals surface area contributed by atoms with E-state index in [1.54, 1.807) is 12.4 Å². The van der Waals surface area contributed by atoms with Gasteiger partial charge in [-0.25, -0.2) is 0 Å². The van der Waals surface area contributed by atoms with E-state index >= 15 is 0 Å². The summed E-state index contributed by atoms with van der Waals surface area (Å²) in [5, 5.41) is 0. The van der Waals surface area contributed by atoms with Crippen molar-refractivity contribution in [3.8, 4) is 0 Å². The second-order valence-corrected chi connectivity index (χ2v) is 7.22. The Hall–Kier alpha value is -2.27. The fourth-order valence-electron chi connectivity index (χ4n) is 3.38. The summed E-state index contributed by atoms with van der Waals surface area (Å²) in [6.45, 7) is 3.79. The quantitative estimate of drug-likeness (QED) is 0.777. The fraction of sp³-hybridized carbons (Fsp3) is 0.450. The number of pyridine rings is 2. The molecule has 2 aliphatic rings. The SMILES string of the molecule is O=C(Cc1cccnc1)N1CC(N(Cc2ccncc2)CC2CC2)C1. The van der Waals surface area contributed by atoms with Gasteiger partial charge >= 0.3 is 0 Å². The highest BCUT2D eigenvalue weighted by Crippen LogP contribution is 2.32. The molecule has 4 rings (SSSR count). The minimum absolute atomic E-state index is 0.208. The van der Waals surface area contributed by atoms with Crippen molar-refractivity contribution in [2.75, 3.05) is 19.6 Å². The lowest BCUT2D eigenvalue weighted by Gasteiger charge is -2.45. The Morgan fingerprint density at radius 1 is 1.08 bits per heavy atom. The van der Waals surface area contributed by atoms with Crippen LogP contribution in [0.3, 0.4) is 0 Å². The molecule has 2 aromatic rings. The number of amides is 1. The van der Waals surface area contributed by atoms with E-state index in [0.29, 0.717) is 12.5 Å². The molecular formula is C20H24N4O. The van der Waals surface area contributed by atoms with Gasteiger partial charge in [-0.05, 0) is 48.1 Å². The van der Waals surface area contributed by atoms with Crippen molar-refractivity contribution in [3.63, 3.8) is 0 Å². The summed E-state index contributed by atoms with van der Waals surface area (Å²) in [7, 11) is 0. The minimum Gasteiger partial charge on any atom is -0.339 e. The predicted octanol–water partition coefficient (Wildman–Crippen LogP) is 2.14. The Bertz CT molecular complexity index is 696. The third-order valence-electron chi connectivity index (χ3n) is 5.13. The molecule has 1 saturated carbocycles. The number of hydrogen-bond donors (Lipinski definition) is 0. The van der Waals surface area contributed by atoms with Crippen LogP contribution < -0.4 is 0 Å². The number of rotatable bonds is 7. The molecule has 5 nitrogen and oxygen atoms in total. The summed E-state index contributed by atoms with van der Waals surface area (Å²) in [5.74, 6) is 1.06. The molecule has 0 N–H and O–H groups in total. The van der Waals surface area contributed by atoms with Crippen LogP contribution in [-0.2, 0) is 17.8 Å². The van der Waals surface area contributed by atoms with Crippen molar-refractivity contribution in [2.45, 2.75) is 31.8 Å². The number of carbonyl (C=O) groups is 1. The Kier molecular flexibility index (Phi) is 4.74. The van der Waals surface area contributed by atoms with E-state index in [1.807, 2.05) is 29.4 Å². The second kappa shape index (κ2) is 7.31. The van der Waals surface area contributed by atoms with Gasteiger partial charge in [-0.15, -0.1) is 0 Å². The van der Waals surface area contributed by atoms with E-state index in [4.69, 9.17) is 0 Å². The average molecular weight is 336 g/mol. The molecule has 0 radical (unpaired) electrons. The van der Waals surface area contributed by atoms with Gasteiger partial charge in [0.1, 0.15) is 0 Å². The molecule has 130 valence electrons. The highest BCUT2D eigenvalue weighted by Gasteiger charge is 2.37. The molecule has 0 bridgehead atoms. The van der Waals surface area contributed by atoms with Gasteiger partial charge in [-0.3, -0.25) is 19.7 Å². The molecule has 1 aliphatic carbocycles. The van der Waals surface area contributed by atoms with E-state index < -0.39 is 0 Å².